The molecule has 0 aliphatic heterocycles. The zero-order valence-corrected chi connectivity index (χ0v) is 8.38. The smallest absolute Gasteiger partial charge is 0.221 e. The van der Waals surface area contributed by atoms with Gasteiger partial charge in [0.05, 0.1) is 12.8 Å². The van der Waals surface area contributed by atoms with E-state index < -0.39 is 0 Å². The number of rotatable bonds is 6. The quantitative estimate of drug-likeness (QED) is 0.664. The molecule has 0 atom stereocenters. The van der Waals surface area contributed by atoms with E-state index >= 15 is 0 Å². The molecule has 1 aromatic heterocycles. The molecule has 0 spiro atoms. The van der Waals surface area contributed by atoms with Crippen molar-refractivity contribution in [3.05, 3.63) is 24.2 Å². The monoisotopic (exact) mass is 196 g/mol. The van der Waals surface area contributed by atoms with Crippen LogP contribution in [0.1, 0.15) is 19.1 Å². The molecule has 1 aromatic rings. The van der Waals surface area contributed by atoms with Gasteiger partial charge in [-0.1, -0.05) is 0 Å². The molecule has 0 bridgehead atoms. The summed E-state index contributed by atoms with van der Waals surface area (Å²) in [4.78, 5) is 11.0. The summed E-state index contributed by atoms with van der Waals surface area (Å²) in [7, 11) is 0. The van der Waals surface area contributed by atoms with Gasteiger partial charge in [-0.3, -0.25) is 4.79 Å². The number of furan rings is 1. The van der Waals surface area contributed by atoms with Gasteiger partial charge in [-0.2, -0.15) is 0 Å². The van der Waals surface area contributed by atoms with Crippen LogP contribution in [0.3, 0.4) is 0 Å². The van der Waals surface area contributed by atoms with Crippen LogP contribution in [0.2, 0.25) is 0 Å². The van der Waals surface area contributed by atoms with Gasteiger partial charge in [0, 0.05) is 19.5 Å². The normalized spacial score (nSPS) is 10.1. The fraction of sp³-hybridized carbons (Fsp3) is 0.500. The summed E-state index contributed by atoms with van der Waals surface area (Å²) >= 11 is 0. The minimum atomic E-state index is 0.0828. The van der Waals surface area contributed by atoms with Gasteiger partial charge in [0.1, 0.15) is 5.76 Å². The molecule has 1 rings (SSSR count). The molecule has 14 heavy (non-hydrogen) atoms. The van der Waals surface area contributed by atoms with Crippen LogP contribution in [0.25, 0.3) is 0 Å². The summed E-state index contributed by atoms with van der Waals surface area (Å²) in [6.07, 6.45) is 2.15. The minimum Gasteiger partial charge on any atom is -0.468 e. The maximum absolute atomic E-state index is 11.0. The molecular weight excluding hydrogens is 180 g/mol. The molecule has 1 heterocycles. The number of carbonyl (C=O) groups is 1. The standard InChI is InChI=1S/C10H16N2O2/c1-2-12-10(13)5-6-11-8-9-4-3-7-14-9/h3-4,7,11H,2,5-6,8H2,1H3,(H,12,13). The summed E-state index contributed by atoms with van der Waals surface area (Å²) in [5.74, 6) is 0.973. The van der Waals surface area contributed by atoms with Crippen LogP contribution in [-0.4, -0.2) is 19.0 Å². The van der Waals surface area contributed by atoms with Crippen LogP contribution in [0.5, 0.6) is 0 Å². The van der Waals surface area contributed by atoms with Crippen molar-refractivity contribution in [1.82, 2.24) is 10.6 Å². The highest BCUT2D eigenvalue weighted by Crippen LogP contribution is 1.98. The van der Waals surface area contributed by atoms with E-state index in [9.17, 15) is 4.79 Å². The first-order valence-corrected chi connectivity index (χ1v) is 4.82. The SMILES string of the molecule is CCNC(=O)CCNCc1ccco1. The number of carbonyl (C=O) groups excluding carboxylic acids is 1. The third-order valence-corrected chi connectivity index (χ3v) is 1.78. The van der Waals surface area contributed by atoms with Gasteiger partial charge in [0.15, 0.2) is 0 Å². The molecule has 0 unspecified atom stereocenters. The molecule has 78 valence electrons. The number of amides is 1. The van der Waals surface area contributed by atoms with Gasteiger partial charge >= 0.3 is 0 Å². The molecule has 4 nitrogen and oxygen atoms in total. The fourth-order valence-corrected chi connectivity index (χ4v) is 1.11. The van der Waals surface area contributed by atoms with Gasteiger partial charge in [-0.15, -0.1) is 0 Å². The highest BCUT2D eigenvalue weighted by atomic mass is 16.3. The van der Waals surface area contributed by atoms with E-state index in [1.54, 1.807) is 6.26 Å². The lowest BCUT2D eigenvalue weighted by molar-refractivity contribution is -0.120. The van der Waals surface area contributed by atoms with Gasteiger partial charge < -0.3 is 15.1 Å². The van der Waals surface area contributed by atoms with Crippen molar-refractivity contribution >= 4 is 5.91 Å². The Morgan fingerprint density at radius 1 is 1.57 bits per heavy atom. The predicted octanol–water partition coefficient (Wildman–Crippen LogP) is 0.895. The van der Waals surface area contributed by atoms with Crippen LogP contribution < -0.4 is 10.6 Å². The van der Waals surface area contributed by atoms with Crippen LogP contribution in [0, 0.1) is 0 Å². The second kappa shape index (κ2) is 6.21. The topological polar surface area (TPSA) is 54.3 Å². The molecule has 0 saturated carbocycles. The number of hydrogen-bond donors (Lipinski definition) is 2. The average Bonchev–Trinajstić information content (AvgIpc) is 2.65. The van der Waals surface area contributed by atoms with Crippen LogP contribution in [0.4, 0.5) is 0 Å². The molecule has 0 aliphatic carbocycles. The minimum absolute atomic E-state index is 0.0828. The lowest BCUT2D eigenvalue weighted by Gasteiger charge is -2.02. The first kappa shape index (κ1) is 10.8. The van der Waals surface area contributed by atoms with E-state index in [2.05, 4.69) is 10.6 Å². The predicted molar refractivity (Wildman–Crippen MR) is 53.7 cm³/mol. The van der Waals surface area contributed by atoms with E-state index in [-0.39, 0.29) is 5.91 Å². The van der Waals surface area contributed by atoms with Crippen LogP contribution >= 0.6 is 0 Å². The number of hydrogen-bond acceptors (Lipinski definition) is 3. The third-order valence-electron chi connectivity index (χ3n) is 1.78. The van der Waals surface area contributed by atoms with E-state index in [1.807, 2.05) is 19.1 Å². The fourth-order valence-electron chi connectivity index (χ4n) is 1.11. The van der Waals surface area contributed by atoms with Gasteiger partial charge in [-0.25, -0.2) is 0 Å². The van der Waals surface area contributed by atoms with E-state index in [0.29, 0.717) is 26.1 Å². The Labute approximate surface area is 83.7 Å². The summed E-state index contributed by atoms with van der Waals surface area (Å²) in [5.41, 5.74) is 0. The van der Waals surface area contributed by atoms with Gasteiger partial charge in [0.25, 0.3) is 0 Å². The Morgan fingerprint density at radius 3 is 3.07 bits per heavy atom. The first-order valence-electron chi connectivity index (χ1n) is 4.82. The molecule has 0 saturated heterocycles. The van der Waals surface area contributed by atoms with Gasteiger partial charge in [0.2, 0.25) is 5.91 Å². The summed E-state index contributed by atoms with van der Waals surface area (Å²) in [6, 6.07) is 3.75. The third kappa shape index (κ3) is 4.09. The largest absolute Gasteiger partial charge is 0.468 e. The van der Waals surface area contributed by atoms with E-state index in [1.165, 1.54) is 0 Å². The van der Waals surface area contributed by atoms with Crippen molar-refractivity contribution < 1.29 is 9.21 Å². The van der Waals surface area contributed by atoms with Crippen molar-refractivity contribution in [3.63, 3.8) is 0 Å². The Morgan fingerprint density at radius 2 is 2.43 bits per heavy atom. The summed E-state index contributed by atoms with van der Waals surface area (Å²) in [5, 5.41) is 5.86. The molecule has 0 fully saturated rings. The molecule has 4 heteroatoms. The summed E-state index contributed by atoms with van der Waals surface area (Å²) < 4.78 is 5.12. The first-order chi connectivity index (χ1) is 6.83. The maximum atomic E-state index is 11.0. The zero-order valence-electron chi connectivity index (χ0n) is 8.38. The second-order valence-electron chi connectivity index (χ2n) is 2.96. The zero-order chi connectivity index (χ0) is 10.2. The van der Waals surface area contributed by atoms with Crippen molar-refractivity contribution in [3.8, 4) is 0 Å². The second-order valence-corrected chi connectivity index (χ2v) is 2.96. The van der Waals surface area contributed by atoms with Crippen LogP contribution in [0.15, 0.2) is 22.8 Å². The average molecular weight is 196 g/mol. The van der Waals surface area contributed by atoms with Crippen molar-refractivity contribution in [1.29, 1.82) is 0 Å². The lowest BCUT2D eigenvalue weighted by atomic mass is 10.3. The molecular formula is C10H16N2O2. The highest BCUT2D eigenvalue weighted by Gasteiger charge is 1.98. The Balaban J connectivity index is 2.02. The van der Waals surface area contributed by atoms with Crippen molar-refractivity contribution in [2.75, 3.05) is 13.1 Å². The van der Waals surface area contributed by atoms with Crippen LogP contribution in [-0.2, 0) is 11.3 Å². The Hall–Kier alpha value is -1.29. The van der Waals surface area contributed by atoms with E-state index in [0.717, 1.165) is 5.76 Å². The highest BCUT2D eigenvalue weighted by molar-refractivity contribution is 5.75. The van der Waals surface area contributed by atoms with E-state index in [4.69, 9.17) is 4.42 Å². The molecule has 0 radical (unpaired) electrons. The Kier molecular flexibility index (Phi) is 4.78. The molecule has 1 amide bonds. The summed E-state index contributed by atoms with van der Waals surface area (Å²) in [6.45, 7) is 3.95. The van der Waals surface area contributed by atoms with Crippen molar-refractivity contribution in [2.24, 2.45) is 0 Å². The van der Waals surface area contributed by atoms with Crippen molar-refractivity contribution in [2.45, 2.75) is 19.9 Å². The lowest BCUT2D eigenvalue weighted by Crippen LogP contribution is -2.27. The Bertz CT molecular complexity index is 257. The molecule has 2 N–H and O–H groups in total. The molecule has 0 aliphatic rings. The maximum Gasteiger partial charge on any atom is 0.221 e. The van der Waals surface area contributed by atoms with Gasteiger partial charge in [-0.05, 0) is 19.1 Å². The molecule has 0 aromatic carbocycles. The number of nitrogens with one attached hydrogen (secondary N) is 2.